The van der Waals surface area contributed by atoms with Crippen molar-refractivity contribution in [2.75, 3.05) is 0 Å². The van der Waals surface area contributed by atoms with Crippen molar-refractivity contribution < 1.29 is 18.1 Å². The van der Waals surface area contributed by atoms with E-state index in [2.05, 4.69) is 15.9 Å². The molecule has 88 valence electrons. The van der Waals surface area contributed by atoms with E-state index in [9.17, 15) is 23.3 Å². The van der Waals surface area contributed by atoms with E-state index in [1.165, 1.54) is 0 Å². The van der Waals surface area contributed by atoms with Gasteiger partial charge in [0, 0.05) is 16.4 Å². The number of hydrogen-bond acceptors (Lipinski definition) is 2. The maximum absolute atomic E-state index is 12.6. The van der Waals surface area contributed by atoms with Crippen LogP contribution in [0.15, 0.2) is 16.6 Å². The monoisotopic (exact) mass is 317 g/mol. The smallest absolute Gasteiger partial charge is 0.258 e. The number of benzene rings is 1. The second-order valence-corrected chi connectivity index (χ2v) is 4.03. The Labute approximate surface area is 101 Å². The van der Waals surface area contributed by atoms with Gasteiger partial charge in [0.1, 0.15) is 5.56 Å². The van der Waals surface area contributed by atoms with Crippen LogP contribution in [0.4, 0.5) is 18.9 Å². The first-order chi connectivity index (χ1) is 7.27. The Kier molecular flexibility index (Phi) is 3.80. The lowest BCUT2D eigenvalue weighted by atomic mass is 10.1. The van der Waals surface area contributed by atoms with E-state index in [0.29, 0.717) is 0 Å². The summed E-state index contributed by atoms with van der Waals surface area (Å²) in [5, 5.41) is 10.5. The Morgan fingerprint density at radius 1 is 1.44 bits per heavy atom. The van der Waals surface area contributed by atoms with Gasteiger partial charge in [-0.2, -0.15) is 13.2 Å². The van der Waals surface area contributed by atoms with Gasteiger partial charge in [-0.3, -0.25) is 10.1 Å². The molecule has 0 aliphatic heterocycles. The average molecular weight is 318 g/mol. The minimum Gasteiger partial charge on any atom is -0.258 e. The van der Waals surface area contributed by atoms with E-state index < -0.39 is 28.2 Å². The second-order valence-electron chi connectivity index (χ2n) is 2.85. The molecule has 0 unspecified atom stereocenters. The van der Waals surface area contributed by atoms with E-state index in [1.54, 1.807) is 0 Å². The molecule has 16 heavy (non-hydrogen) atoms. The molecule has 0 aromatic heterocycles. The maximum Gasteiger partial charge on any atom is 0.423 e. The summed E-state index contributed by atoms with van der Waals surface area (Å²) >= 11 is 8.24. The lowest BCUT2D eigenvalue weighted by Crippen LogP contribution is -2.12. The number of nitrogens with zero attached hydrogens (tertiary/aromatic N) is 1. The minimum atomic E-state index is -4.80. The third kappa shape index (κ3) is 2.65. The molecule has 0 saturated carbocycles. The molecule has 0 radical (unpaired) electrons. The van der Waals surface area contributed by atoms with Gasteiger partial charge >= 0.3 is 6.18 Å². The molecule has 0 bridgehead atoms. The van der Waals surface area contributed by atoms with Gasteiger partial charge in [-0.15, -0.1) is 11.6 Å². The van der Waals surface area contributed by atoms with Crippen LogP contribution in [-0.2, 0) is 12.1 Å². The molecule has 0 aliphatic carbocycles. The van der Waals surface area contributed by atoms with Crippen LogP contribution in [0.25, 0.3) is 0 Å². The summed E-state index contributed by atoms with van der Waals surface area (Å²) in [6, 6.07) is 1.92. The molecule has 0 aliphatic rings. The van der Waals surface area contributed by atoms with Crippen molar-refractivity contribution in [3.05, 3.63) is 37.8 Å². The number of halogens is 5. The van der Waals surface area contributed by atoms with Crippen LogP contribution in [0.3, 0.4) is 0 Å². The first-order valence-corrected chi connectivity index (χ1v) is 5.20. The number of rotatable bonds is 2. The van der Waals surface area contributed by atoms with Gasteiger partial charge in [-0.1, -0.05) is 15.9 Å². The van der Waals surface area contributed by atoms with Crippen molar-refractivity contribution in [3.8, 4) is 0 Å². The van der Waals surface area contributed by atoms with Crippen molar-refractivity contribution in [2.24, 2.45) is 0 Å². The molecule has 1 aromatic rings. The van der Waals surface area contributed by atoms with Crippen molar-refractivity contribution in [2.45, 2.75) is 12.1 Å². The number of hydrogen-bond donors (Lipinski definition) is 0. The summed E-state index contributed by atoms with van der Waals surface area (Å²) in [4.78, 5) is 9.45. The Balaban J connectivity index is 3.58. The zero-order valence-electron chi connectivity index (χ0n) is 7.52. The zero-order valence-corrected chi connectivity index (χ0v) is 9.86. The maximum atomic E-state index is 12.6. The van der Waals surface area contributed by atoms with Crippen LogP contribution in [-0.4, -0.2) is 4.92 Å². The highest BCUT2D eigenvalue weighted by Gasteiger charge is 2.40. The lowest BCUT2D eigenvalue weighted by Gasteiger charge is -2.11. The van der Waals surface area contributed by atoms with Crippen LogP contribution >= 0.6 is 27.5 Å². The molecule has 0 heterocycles. The summed E-state index contributed by atoms with van der Waals surface area (Å²) in [5.74, 6) is -0.449. The Hall–Kier alpha value is -0.820. The highest BCUT2D eigenvalue weighted by atomic mass is 79.9. The van der Waals surface area contributed by atoms with Crippen molar-refractivity contribution in [1.82, 2.24) is 0 Å². The molecule has 0 atom stereocenters. The molecule has 0 spiro atoms. The molecule has 0 saturated heterocycles. The second kappa shape index (κ2) is 4.58. The first kappa shape index (κ1) is 13.2. The van der Waals surface area contributed by atoms with E-state index in [4.69, 9.17) is 11.6 Å². The fourth-order valence-electron chi connectivity index (χ4n) is 1.22. The molecule has 3 nitrogen and oxygen atoms in total. The van der Waals surface area contributed by atoms with Gasteiger partial charge in [0.05, 0.1) is 4.92 Å². The van der Waals surface area contributed by atoms with Crippen LogP contribution in [0, 0.1) is 10.1 Å². The normalized spacial score (nSPS) is 11.6. The summed E-state index contributed by atoms with van der Waals surface area (Å²) in [7, 11) is 0. The summed E-state index contributed by atoms with van der Waals surface area (Å²) in [6.07, 6.45) is -4.80. The molecular formula is C8H4BrClF3NO2. The highest BCUT2D eigenvalue weighted by molar-refractivity contribution is 9.10. The van der Waals surface area contributed by atoms with Gasteiger partial charge in [-0.25, -0.2) is 0 Å². The Morgan fingerprint density at radius 3 is 2.38 bits per heavy atom. The van der Waals surface area contributed by atoms with E-state index >= 15 is 0 Å². The van der Waals surface area contributed by atoms with Crippen molar-refractivity contribution in [1.29, 1.82) is 0 Å². The standard InChI is InChI=1S/C8H4BrClF3NO2/c9-5-1-4(3-10)7(8(11,12)13)6(2-5)14(15)16/h1-2H,3H2. The van der Waals surface area contributed by atoms with Crippen molar-refractivity contribution in [3.63, 3.8) is 0 Å². The molecule has 1 aromatic carbocycles. The predicted molar refractivity (Wildman–Crippen MR) is 55.4 cm³/mol. The number of alkyl halides is 4. The van der Waals surface area contributed by atoms with Crippen LogP contribution in [0.5, 0.6) is 0 Å². The van der Waals surface area contributed by atoms with Crippen molar-refractivity contribution >= 4 is 33.2 Å². The number of nitro groups is 1. The Bertz CT molecular complexity index is 436. The fraction of sp³-hybridized carbons (Fsp3) is 0.250. The zero-order chi connectivity index (χ0) is 12.5. The van der Waals surface area contributed by atoms with Crippen LogP contribution in [0.2, 0.25) is 0 Å². The molecule has 8 heteroatoms. The molecule has 0 N–H and O–H groups in total. The summed E-state index contributed by atoms with van der Waals surface area (Å²) in [6.45, 7) is 0. The molecule has 1 rings (SSSR count). The van der Waals surface area contributed by atoms with E-state index in [0.717, 1.165) is 12.1 Å². The lowest BCUT2D eigenvalue weighted by molar-refractivity contribution is -0.388. The predicted octanol–water partition coefficient (Wildman–Crippen LogP) is 4.11. The highest BCUT2D eigenvalue weighted by Crippen LogP contribution is 2.40. The van der Waals surface area contributed by atoms with Gasteiger partial charge < -0.3 is 0 Å². The number of nitro benzene ring substituents is 1. The largest absolute Gasteiger partial charge is 0.423 e. The van der Waals surface area contributed by atoms with Gasteiger partial charge in [0.15, 0.2) is 0 Å². The summed E-state index contributed by atoms with van der Waals surface area (Å²) < 4.78 is 38.0. The van der Waals surface area contributed by atoms with E-state index in [1.807, 2.05) is 0 Å². The van der Waals surface area contributed by atoms with E-state index in [-0.39, 0.29) is 10.0 Å². The SMILES string of the molecule is O=[N+]([O-])c1cc(Br)cc(CCl)c1C(F)(F)F. The molecule has 0 amide bonds. The van der Waals surface area contributed by atoms with Gasteiger partial charge in [-0.05, 0) is 11.6 Å². The quantitative estimate of drug-likeness (QED) is 0.468. The third-order valence-corrected chi connectivity index (χ3v) is 2.53. The third-order valence-electron chi connectivity index (χ3n) is 1.79. The van der Waals surface area contributed by atoms with Crippen LogP contribution in [0.1, 0.15) is 11.1 Å². The first-order valence-electron chi connectivity index (χ1n) is 3.87. The summed E-state index contributed by atoms with van der Waals surface area (Å²) in [5.41, 5.74) is -2.62. The molecule has 0 fully saturated rings. The fourth-order valence-corrected chi connectivity index (χ4v) is 1.93. The van der Waals surface area contributed by atoms with Crippen LogP contribution < -0.4 is 0 Å². The minimum absolute atomic E-state index is 0.183. The molecular weight excluding hydrogens is 314 g/mol. The Morgan fingerprint density at radius 2 is 2.00 bits per heavy atom. The topological polar surface area (TPSA) is 43.1 Å². The van der Waals surface area contributed by atoms with Gasteiger partial charge in [0.25, 0.3) is 5.69 Å². The van der Waals surface area contributed by atoms with Gasteiger partial charge in [0.2, 0.25) is 0 Å². The average Bonchev–Trinajstić information content (AvgIpc) is 2.14.